The monoisotopic (exact) mass is 546 g/mol. The molecular formula is C28H34N8O4. The molecule has 4 heterocycles. The first-order valence-electron chi connectivity index (χ1n) is 13.9. The Bertz CT molecular complexity index is 1420. The number of aromatic nitrogens is 2. The Kier molecular flexibility index (Phi) is 7.01. The van der Waals surface area contributed by atoms with E-state index in [1.54, 1.807) is 21.7 Å². The van der Waals surface area contributed by atoms with E-state index < -0.39 is 6.03 Å². The first kappa shape index (κ1) is 26.1. The number of hydrogen-bond acceptors (Lipinski definition) is 8. The summed E-state index contributed by atoms with van der Waals surface area (Å²) < 4.78 is 1.80. The lowest BCUT2D eigenvalue weighted by Crippen LogP contribution is -2.49. The molecule has 1 aromatic heterocycles. The lowest BCUT2D eigenvalue weighted by atomic mass is 9.95. The van der Waals surface area contributed by atoms with Gasteiger partial charge in [-0.1, -0.05) is 0 Å². The number of nitro benzene ring substituents is 1. The molecule has 6 rings (SSSR count). The van der Waals surface area contributed by atoms with Crippen molar-refractivity contribution < 1.29 is 14.5 Å². The van der Waals surface area contributed by atoms with Crippen LogP contribution >= 0.6 is 0 Å². The van der Waals surface area contributed by atoms with E-state index in [2.05, 4.69) is 37.2 Å². The van der Waals surface area contributed by atoms with E-state index >= 15 is 0 Å². The zero-order valence-corrected chi connectivity index (χ0v) is 22.7. The normalized spacial score (nSPS) is 19.4. The van der Waals surface area contributed by atoms with Gasteiger partial charge in [-0.25, -0.2) is 4.79 Å². The smallest absolute Gasteiger partial charge is 0.329 e. The van der Waals surface area contributed by atoms with Crippen LogP contribution in [0.4, 0.5) is 27.7 Å². The Labute approximate surface area is 232 Å². The van der Waals surface area contributed by atoms with E-state index in [0.29, 0.717) is 18.3 Å². The van der Waals surface area contributed by atoms with Crippen LogP contribution in [0.25, 0.3) is 10.9 Å². The topological polar surface area (TPSA) is 120 Å². The van der Waals surface area contributed by atoms with Gasteiger partial charge in [-0.3, -0.25) is 34.7 Å². The Hall–Kier alpha value is -4.19. The Balaban J connectivity index is 1.02. The lowest BCUT2D eigenvalue weighted by Gasteiger charge is -2.40. The maximum absolute atomic E-state index is 12.4. The van der Waals surface area contributed by atoms with Gasteiger partial charge in [-0.05, 0) is 49.1 Å². The van der Waals surface area contributed by atoms with E-state index in [9.17, 15) is 19.7 Å². The minimum atomic E-state index is -0.423. The zero-order chi connectivity index (χ0) is 27.8. The first-order valence-corrected chi connectivity index (χ1v) is 13.9. The van der Waals surface area contributed by atoms with Gasteiger partial charge in [0.1, 0.15) is 0 Å². The third-order valence-corrected chi connectivity index (χ3v) is 8.42. The SMILES string of the molecule is Cn1nc(N2CCC(=O)NC2=O)c2ccc(N3CCN(CC4CCN(c5ccc([N+](=O)[O-])cc5)CC4)CC3)cc21. The Morgan fingerprint density at radius 3 is 2.27 bits per heavy atom. The number of carbonyl (C=O) groups excluding carboxylic acids is 2. The molecule has 0 saturated carbocycles. The molecule has 210 valence electrons. The van der Waals surface area contributed by atoms with Crippen molar-refractivity contribution >= 4 is 45.7 Å². The molecule has 12 nitrogen and oxygen atoms in total. The zero-order valence-electron chi connectivity index (χ0n) is 22.7. The number of nitrogens with zero attached hydrogens (tertiary/aromatic N) is 7. The number of anilines is 3. The number of aryl methyl sites for hydroxylation is 1. The van der Waals surface area contributed by atoms with E-state index in [-0.39, 0.29) is 22.9 Å². The molecule has 0 bridgehead atoms. The summed E-state index contributed by atoms with van der Waals surface area (Å²) in [4.78, 5) is 43.3. The standard InChI is InChI=1S/C28H34N8O4/c1-31-25-18-23(6-7-24(25)27(30-31)35-13-10-26(37)29-28(35)38)34-16-14-32(15-17-34)19-20-8-11-33(12-9-20)21-2-4-22(5-3-21)36(39)40/h2-7,18,20H,8-17,19H2,1H3,(H,29,37,38). The van der Waals surface area contributed by atoms with Crippen LogP contribution in [0.2, 0.25) is 0 Å². The Morgan fingerprint density at radius 2 is 1.60 bits per heavy atom. The van der Waals surface area contributed by atoms with Gasteiger partial charge in [-0.2, -0.15) is 5.10 Å². The van der Waals surface area contributed by atoms with Gasteiger partial charge in [0, 0.05) is 94.7 Å². The number of nitro groups is 1. The predicted molar refractivity (Wildman–Crippen MR) is 153 cm³/mol. The lowest BCUT2D eigenvalue weighted by molar-refractivity contribution is -0.384. The van der Waals surface area contributed by atoms with Crippen LogP contribution in [-0.2, 0) is 11.8 Å². The summed E-state index contributed by atoms with van der Waals surface area (Å²) in [6.45, 7) is 7.32. The van der Waals surface area contributed by atoms with Crippen LogP contribution in [0.3, 0.4) is 0 Å². The van der Waals surface area contributed by atoms with Crippen molar-refractivity contribution in [1.29, 1.82) is 0 Å². The highest BCUT2D eigenvalue weighted by atomic mass is 16.6. The summed E-state index contributed by atoms with van der Waals surface area (Å²) in [5.74, 6) is 0.987. The van der Waals surface area contributed by atoms with Crippen LogP contribution in [0.1, 0.15) is 19.3 Å². The number of nitrogens with one attached hydrogen (secondary N) is 1. The molecule has 3 amide bonds. The van der Waals surface area contributed by atoms with Gasteiger partial charge in [0.05, 0.1) is 10.4 Å². The van der Waals surface area contributed by atoms with E-state index in [4.69, 9.17) is 0 Å². The summed E-state index contributed by atoms with van der Waals surface area (Å²) in [7, 11) is 1.88. The van der Waals surface area contributed by atoms with Crippen molar-refractivity contribution in [2.24, 2.45) is 13.0 Å². The second-order valence-electron chi connectivity index (χ2n) is 10.9. The molecule has 3 aliphatic heterocycles. The van der Waals surface area contributed by atoms with Gasteiger partial charge < -0.3 is 9.80 Å². The quantitative estimate of drug-likeness (QED) is 0.370. The number of non-ortho nitro benzene ring substituents is 1. The summed E-state index contributed by atoms with van der Waals surface area (Å²) >= 11 is 0. The molecule has 3 saturated heterocycles. The number of benzene rings is 2. The highest BCUT2D eigenvalue weighted by Crippen LogP contribution is 2.31. The van der Waals surface area contributed by atoms with Crippen LogP contribution < -0.4 is 20.0 Å². The molecule has 12 heteroatoms. The van der Waals surface area contributed by atoms with Gasteiger partial charge in [0.25, 0.3) is 5.69 Å². The minimum absolute atomic E-state index is 0.132. The highest BCUT2D eigenvalue weighted by molar-refractivity contribution is 6.09. The molecular weight excluding hydrogens is 512 g/mol. The largest absolute Gasteiger partial charge is 0.372 e. The van der Waals surface area contributed by atoms with Crippen molar-refractivity contribution in [3.05, 3.63) is 52.6 Å². The fourth-order valence-corrected chi connectivity index (χ4v) is 6.10. The number of piperidine rings is 1. The minimum Gasteiger partial charge on any atom is -0.372 e. The molecule has 0 spiro atoms. The van der Waals surface area contributed by atoms with Crippen molar-refractivity contribution in [3.8, 4) is 0 Å². The van der Waals surface area contributed by atoms with Crippen molar-refractivity contribution in [1.82, 2.24) is 20.0 Å². The number of hydrogen-bond donors (Lipinski definition) is 1. The number of amides is 3. The van der Waals surface area contributed by atoms with Crippen molar-refractivity contribution in [3.63, 3.8) is 0 Å². The maximum atomic E-state index is 12.4. The van der Waals surface area contributed by atoms with Gasteiger partial charge in [0.15, 0.2) is 5.82 Å². The molecule has 0 radical (unpaired) electrons. The summed E-state index contributed by atoms with van der Waals surface area (Å²) in [5, 5.41) is 18.8. The molecule has 0 atom stereocenters. The molecule has 2 aromatic carbocycles. The van der Waals surface area contributed by atoms with E-state index in [1.165, 1.54) is 0 Å². The fourth-order valence-electron chi connectivity index (χ4n) is 6.10. The van der Waals surface area contributed by atoms with Crippen LogP contribution in [0, 0.1) is 16.0 Å². The van der Waals surface area contributed by atoms with Crippen LogP contribution in [0.15, 0.2) is 42.5 Å². The predicted octanol–water partition coefficient (Wildman–Crippen LogP) is 2.97. The molecule has 3 aromatic rings. The number of piperazine rings is 1. The maximum Gasteiger partial charge on any atom is 0.329 e. The summed E-state index contributed by atoms with van der Waals surface area (Å²) in [5.41, 5.74) is 3.30. The third kappa shape index (κ3) is 5.18. The van der Waals surface area contributed by atoms with Crippen LogP contribution in [0.5, 0.6) is 0 Å². The summed E-state index contributed by atoms with van der Waals surface area (Å²) in [6, 6.07) is 12.7. The molecule has 0 unspecified atom stereocenters. The first-order chi connectivity index (χ1) is 19.4. The second-order valence-corrected chi connectivity index (χ2v) is 10.9. The van der Waals surface area contributed by atoms with Gasteiger partial charge >= 0.3 is 6.03 Å². The van der Waals surface area contributed by atoms with Gasteiger partial charge in [0.2, 0.25) is 5.91 Å². The van der Waals surface area contributed by atoms with E-state index in [1.807, 2.05) is 25.2 Å². The van der Waals surface area contributed by atoms with Crippen molar-refractivity contribution in [2.75, 3.05) is 67.1 Å². The second kappa shape index (κ2) is 10.8. The third-order valence-electron chi connectivity index (χ3n) is 8.42. The number of urea groups is 1. The number of carbonyl (C=O) groups is 2. The number of rotatable bonds is 6. The average Bonchev–Trinajstić information content (AvgIpc) is 3.29. The van der Waals surface area contributed by atoms with Crippen LogP contribution in [-0.4, -0.2) is 83.9 Å². The van der Waals surface area contributed by atoms with Gasteiger partial charge in [-0.15, -0.1) is 0 Å². The molecule has 3 aliphatic rings. The molecule has 40 heavy (non-hydrogen) atoms. The molecule has 1 N–H and O–H groups in total. The fraction of sp³-hybridized carbons (Fsp3) is 0.464. The number of imide groups is 1. The van der Waals surface area contributed by atoms with Crippen molar-refractivity contribution in [2.45, 2.75) is 19.3 Å². The Morgan fingerprint density at radius 1 is 0.925 bits per heavy atom. The molecule has 0 aliphatic carbocycles. The average molecular weight is 547 g/mol. The number of fused-ring (bicyclic) bond motifs is 1. The highest BCUT2D eigenvalue weighted by Gasteiger charge is 2.29. The molecule has 3 fully saturated rings. The summed E-state index contributed by atoms with van der Waals surface area (Å²) in [6.07, 6.45) is 2.52. The van der Waals surface area contributed by atoms with E-state index in [0.717, 1.165) is 80.9 Å².